The number of rotatable bonds is 0. The van der Waals surface area contributed by atoms with E-state index in [0.29, 0.717) is 0 Å². The molecule has 5 aromatic carbocycles. The molecule has 7 heteroatoms. The van der Waals surface area contributed by atoms with E-state index in [4.69, 9.17) is 4.74 Å². The third-order valence-electron chi connectivity index (χ3n) is 6.32. The van der Waals surface area contributed by atoms with E-state index in [1.165, 1.54) is 112 Å². The molecule has 2 aliphatic rings. The van der Waals surface area contributed by atoms with Gasteiger partial charge in [0.25, 0.3) is 0 Å². The summed E-state index contributed by atoms with van der Waals surface area (Å²) in [7, 11) is 0. The zero-order valence-corrected chi connectivity index (χ0v) is 27.3. The van der Waals surface area contributed by atoms with Crippen LogP contribution in [-0.4, -0.2) is 13.2 Å². The Labute approximate surface area is 282 Å². The number of hydrogen-bond acceptors (Lipinski definition) is 1. The molecule has 48 heavy (non-hydrogen) atoms. The molecule has 1 saturated carbocycles. The number of hydrogen-bond donors (Lipinski definition) is 0. The minimum atomic E-state index is -0.799. The molecule has 1 saturated heterocycles. The summed E-state index contributed by atoms with van der Waals surface area (Å²) >= 11 is 0. The zero-order valence-electron chi connectivity index (χ0n) is 27.3. The second-order valence-corrected chi connectivity index (χ2v) is 10.4. The molecule has 1 heterocycles. The van der Waals surface area contributed by atoms with Gasteiger partial charge >= 0.3 is 0 Å². The van der Waals surface area contributed by atoms with Crippen molar-refractivity contribution in [2.24, 2.45) is 0 Å². The summed E-state index contributed by atoms with van der Waals surface area (Å²) in [5.41, 5.74) is 0. The van der Waals surface area contributed by atoms with E-state index < -0.39 is 23.3 Å². The van der Waals surface area contributed by atoms with Gasteiger partial charge in [0.1, 0.15) is 23.3 Å². The highest BCUT2D eigenvalue weighted by atomic mass is 19.2. The topological polar surface area (TPSA) is 9.23 Å². The minimum absolute atomic E-state index is 0.178. The van der Waals surface area contributed by atoms with Crippen LogP contribution < -0.4 is 0 Å². The number of halogens is 6. The van der Waals surface area contributed by atoms with Crippen LogP contribution in [0.5, 0.6) is 0 Å². The minimum Gasteiger partial charge on any atom is -0.381 e. The molecular formula is C41H46F6O. The number of ether oxygens (including phenoxy) is 1. The van der Waals surface area contributed by atoms with Gasteiger partial charge in [-0.1, -0.05) is 130 Å². The molecule has 0 bridgehead atoms. The first-order valence-corrected chi connectivity index (χ1v) is 16.2. The third-order valence-corrected chi connectivity index (χ3v) is 6.32. The molecule has 0 N–H and O–H groups in total. The SMILES string of the molecule is C1CCCCC1.C1CCOCC1.Fc1cccc(F)c1.Fc1ccccc1.Fc1ccccc1.Fc1ccccc1F.c1ccccc1. The Bertz CT molecular complexity index is 1240. The van der Waals surface area contributed by atoms with Crippen LogP contribution in [0.2, 0.25) is 0 Å². The largest absolute Gasteiger partial charge is 0.381 e. The smallest absolute Gasteiger partial charge is 0.158 e. The van der Waals surface area contributed by atoms with E-state index in [1.54, 1.807) is 36.4 Å². The van der Waals surface area contributed by atoms with E-state index in [0.717, 1.165) is 31.4 Å². The van der Waals surface area contributed by atoms with Gasteiger partial charge in [0.15, 0.2) is 11.6 Å². The van der Waals surface area contributed by atoms with Crippen molar-refractivity contribution in [1.29, 1.82) is 0 Å². The van der Waals surface area contributed by atoms with Crippen LogP contribution in [0.25, 0.3) is 0 Å². The molecule has 1 nitrogen and oxygen atoms in total. The fourth-order valence-electron chi connectivity index (χ4n) is 3.86. The van der Waals surface area contributed by atoms with Crippen molar-refractivity contribution in [3.05, 3.63) is 180 Å². The average molecular weight is 669 g/mol. The summed E-state index contributed by atoms with van der Waals surface area (Å²) in [6.45, 7) is 2.00. The highest BCUT2D eigenvalue weighted by molar-refractivity contribution is 5.06. The van der Waals surface area contributed by atoms with Crippen LogP contribution in [0.3, 0.4) is 0 Å². The molecule has 7 rings (SSSR count). The van der Waals surface area contributed by atoms with Gasteiger partial charge in [0, 0.05) is 19.3 Å². The van der Waals surface area contributed by atoms with Gasteiger partial charge in [0.2, 0.25) is 0 Å². The van der Waals surface area contributed by atoms with Gasteiger partial charge in [-0.25, -0.2) is 26.3 Å². The van der Waals surface area contributed by atoms with Crippen LogP contribution in [-0.2, 0) is 4.74 Å². The Hall–Kier alpha value is -4.36. The first kappa shape index (κ1) is 41.7. The van der Waals surface area contributed by atoms with Crippen molar-refractivity contribution < 1.29 is 31.1 Å². The Balaban J connectivity index is 0.000000281. The lowest BCUT2D eigenvalue weighted by Gasteiger charge is -2.08. The Morgan fingerprint density at radius 2 is 0.562 bits per heavy atom. The summed E-state index contributed by atoms with van der Waals surface area (Å²) in [4.78, 5) is 0. The maximum Gasteiger partial charge on any atom is 0.158 e. The fourth-order valence-corrected chi connectivity index (χ4v) is 3.86. The monoisotopic (exact) mass is 668 g/mol. The highest BCUT2D eigenvalue weighted by Crippen LogP contribution is 2.15. The van der Waals surface area contributed by atoms with Crippen LogP contribution in [0.4, 0.5) is 26.3 Å². The predicted octanol–water partition coefficient (Wildman–Crippen LogP) is 12.8. The lowest BCUT2D eigenvalue weighted by atomic mass is 10.0. The van der Waals surface area contributed by atoms with Gasteiger partial charge < -0.3 is 4.74 Å². The van der Waals surface area contributed by atoms with Crippen molar-refractivity contribution in [3.63, 3.8) is 0 Å². The summed E-state index contributed by atoms with van der Waals surface area (Å²) in [6, 6.07) is 37.5. The van der Waals surface area contributed by atoms with Crippen molar-refractivity contribution in [3.8, 4) is 0 Å². The maximum atomic E-state index is 11.9. The molecular weight excluding hydrogens is 622 g/mol. The van der Waals surface area contributed by atoms with Crippen LogP contribution >= 0.6 is 0 Å². The molecule has 258 valence electrons. The van der Waals surface area contributed by atoms with E-state index in [-0.39, 0.29) is 11.6 Å². The van der Waals surface area contributed by atoms with Crippen molar-refractivity contribution in [2.45, 2.75) is 57.8 Å². The van der Waals surface area contributed by atoms with Crippen molar-refractivity contribution in [1.82, 2.24) is 0 Å². The van der Waals surface area contributed by atoms with Gasteiger partial charge in [-0.3, -0.25) is 0 Å². The molecule has 1 aliphatic heterocycles. The molecule has 2 fully saturated rings. The second-order valence-electron chi connectivity index (χ2n) is 10.4. The Kier molecular flexibility index (Phi) is 26.0. The molecule has 5 aromatic rings. The summed E-state index contributed by atoms with van der Waals surface area (Å²) in [5.74, 6) is -3.03. The predicted molar refractivity (Wildman–Crippen MR) is 184 cm³/mol. The van der Waals surface area contributed by atoms with E-state index in [9.17, 15) is 26.3 Å². The molecule has 0 amide bonds. The van der Waals surface area contributed by atoms with Crippen molar-refractivity contribution in [2.75, 3.05) is 13.2 Å². The molecule has 0 aromatic heterocycles. The van der Waals surface area contributed by atoms with Gasteiger partial charge in [-0.2, -0.15) is 0 Å². The normalized spacial score (nSPS) is 12.6. The average Bonchev–Trinajstić information content (AvgIpc) is 3.14. The summed E-state index contributed by atoms with van der Waals surface area (Å²) in [6.07, 6.45) is 12.9. The van der Waals surface area contributed by atoms with E-state index >= 15 is 0 Å². The standard InChI is InChI=1S/2C6H4F2.2C6H5F.C6H12.C6H6.C5H10O/c7-5-2-1-3-6(8)4-5;7-5-3-1-2-4-6(5)8;2*7-6-4-2-1-3-5-6;3*1-2-4-6-5-3-1/h2*1-4H;2*1-5H;1-6H2;1-6H;1-5H2. The maximum absolute atomic E-state index is 11.9. The molecule has 0 radical (unpaired) electrons. The summed E-state index contributed by atoms with van der Waals surface area (Å²) in [5, 5.41) is 0. The van der Waals surface area contributed by atoms with Gasteiger partial charge in [-0.05, 0) is 67.8 Å². The second kappa shape index (κ2) is 30.0. The molecule has 1 aliphatic carbocycles. The number of benzene rings is 5. The molecule has 0 unspecified atom stereocenters. The zero-order chi connectivity index (χ0) is 34.9. The lowest BCUT2D eigenvalue weighted by Crippen LogP contribution is -2.03. The highest BCUT2D eigenvalue weighted by Gasteiger charge is 1.96. The van der Waals surface area contributed by atoms with Gasteiger partial charge in [-0.15, -0.1) is 0 Å². The van der Waals surface area contributed by atoms with E-state index in [2.05, 4.69) is 0 Å². The van der Waals surface area contributed by atoms with Gasteiger partial charge in [0.05, 0.1) is 0 Å². The van der Waals surface area contributed by atoms with Crippen LogP contribution in [0.1, 0.15) is 57.8 Å². The molecule has 0 spiro atoms. The Morgan fingerprint density at radius 1 is 0.292 bits per heavy atom. The molecule has 0 atom stereocenters. The quantitative estimate of drug-likeness (QED) is 0.149. The van der Waals surface area contributed by atoms with Crippen molar-refractivity contribution >= 4 is 0 Å². The Morgan fingerprint density at radius 3 is 0.750 bits per heavy atom. The first-order chi connectivity index (χ1) is 23.4. The third kappa shape index (κ3) is 26.8. The van der Waals surface area contributed by atoms with Crippen LogP contribution in [0.15, 0.2) is 146 Å². The lowest BCUT2D eigenvalue weighted by molar-refractivity contribution is 0.0968. The first-order valence-electron chi connectivity index (χ1n) is 16.2. The fraction of sp³-hybridized carbons (Fsp3) is 0.268. The van der Waals surface area contributed by atoms with Crippen LogP contribution in [0, 0.1) is 34.9 Å². The summed E-state index contributed by atoms with van der Waals surface area (Å²) < 4.78 is 76.6. The van der Waals surface area contributed by atoms with E-state index in [1.807, 2.05) is 36.4 Å².